The van der Waals surface area contributed by atoms with E-state index in [1.807, 2.05) is 6.08 Å². The molecule has 1 aliphatic rings. The van der Waals surface area contributed by atoms with Gasteiger partial charge in [-0.15, -0.1) is 6.58 Å². The smallest absolute Gasteiger partial charge is 0.00276 e. The van der Waals surface area contributed by atoms with Gasteiger partial charge in [0.05, 0.1) is 0 Å². The lowest BCUT2D eigenvalue weighted by molar-refractivity contribution is 0.204. The van der Waals surface area contributed by atoms with Gasteiger partial charge in [-0.2, -0.15) is 0 Å². The zero-order valence-electron chi connectivity index (χ0n) is 12.8. The van der Waals surface area contributed by atoms with Gasteiger partial charge in [0.25, 0.3) is 0 Å². The Morgan fingerprint density at radius 2 is 2.05 bits per heavy atom. The predicted molar refractivity (Wildman–Crippen MR) is 87.2 cm³/mol. The molecule has 1 aliphatic carbocycles. The van der Waals surface area contributed by atoms with Crippen LogP contribution < -0.4 is 0 Å². The monoisotopic (exact) mass is 258 g/mol. The van der Waals surface area contributed by atoms with Crippen LogP contribution in [0.25, 0.3) is 0 Å². The SMILES string of the molecule is C=CCCCC(CCCC)(C(=C)C)C1C=CC=CC1. The van der Waals surface area contributed by atoms with Gasteiger partial charge < -0.3 is 0 Å². The van der Waals surface area contributed by atoms with E-state index in [1.165, 1.54) is 44.1 Å². The van der Waals surface area contributed by atoms with Crippen molar-refractivity contribution in [3.8, 4) is 0 Å². The van der Waals surface area contributed by atoms with Crippen molar-refractivity contribution in [1.29, 1.82) is 0 Å². The van der Waals surface area contributed by atoms with Crippen LogP contribution in [0, 0.1) is 11.3 Å². The number of allylic oxidation sites excluding steroid dienone is 6. The van der Waals surface area contributed by atoms with Crippen LogP contribution in [0.15, 0.2) is 49.1 Å². The molecular weight excluding hydrogens is 228 g/mol. The lowest BCUT2D eigenvalue weighted by atomic mass is 9.63. The van der Waals surface area contributed by atoms with Crippen LogP contribution in [-0.2, 0) is 0 Å². The zero-order valence-corrected chi connectivity index (χ0v) is 12.8. The van der Waals surface area contributed by atoms with E-state index in [1.54, 1.807) is 0 Å². The first-order valence-corrected chi connectivity index (χ1v) is 7.77. The van der Waals surface area contributed by atoms with Crippen molar-refractivity contribution < 1.29 is 0 Å². The van der Waals surface area contributed by atoms with Gasteiger partial charge in [0.1, 0.15) is 0 Å². The highest BCUT2D eigenvalue weighted by atomic mass is 14.4. The molecule has 0 aliphatic heterocycles. The second-order valence-corrected chi connectivity index (χ2v) is 5.88. The fraction of sp³-hybridized carbons (Fsp3) is 0.579. The molecule has 0 amide bonds. The Kier molecular flexibility index (Phi) is 6.91. The zero-order chi connectivity index (χ0) is 14.1. The molecule has 2 unspecified atom stereocenters. The van der Waals surface area contributed by atoms with Crippen molar-refractivity contribution in [3.63, 3.8) is 0 Å². The molecule has 0 heterocycles. The van der Waals surface area contributed by atoms with Crippen LogP contribution in [-0.4, -0.2) is 0 Å². The van der Waals surface area contributed by atoms with Crippen LogP contribution >= 0.6 is 0 Å². The van der Waals surface area contributed by atoms with Crippen LogP contribution in [0.3, 0.4) is 0 Å². The van der Waals surface area contributed by atoms with Gasteiger partial charge in [0.2, 0.25) is 0 Å². The first-order chi connectivity index (χ1) is 9.17. The summed E-state index contributed by atoms with van der Waals surface area (Å²) in [4.78, 5) is 0. The van der Waals surface area contributed by atoms with Crippen molar-refractivity contribution in [3.05, 3.63) is 49.1 Å². The van der Waals surface area contributed by atoms with E-state index >= 15 is 0 Å². The molecule has 106 valence electrons. The van der Waals surface area contributed by atoms with E-state index in [0.29, 0.717) is 11.3 Å². The normalized spacial score (nSPS) is 21.1. The molecule has 0 spiro atoms. The maximum Gasteiger partial charge on any atom is -0.00276 e. The van der Waals surface area contributed by atoms with Crippen LogP contribution in [0.4, 0.5) is 0 Å². The lowest BCUT2D eigenvalue weighted by Gasteiger charge is -2.41. The van der Waals surface area contributed by atoms with Crippen molar-refractivity contribution >= 4 is 0 Å². The fourth-order valence-electron chi connectivity index (χ4n) is 3.28. The molecule has 0 bridgehead atoms. The van der Waals surface area contributed by atoms with Crippen molar-refractivity contribution in [2.75, 3.05) is 0 Å². The van der Waals surface area contributed by atoms with Gasteiger partial charge in [-0.25, -0.2) is 0 Å². The Morgan fingerprint density at radius 3 is 2.58 bits per heavy atom. The Labute approximate surface area is 120 Å². The Morgan fingerprint density at radius 1 is 1.32 bits per heavy atom. The maximum absolute atomic E-state index is 4.35. The van der Waals surface area contributed by atoms with Crippen molar-refractivity contribution in [2.45, 2.75) is 58.8 Å². The third-order valence-electron chi connectivity index (χ3n) is 4.55. The highest BCUT2D eigenvalue weighted by Gasteiger charge is 2.36. The summed E-state index contributed by atoms with van der Waals surface area (Å²) in [7, 11) is 0. The average molecular weight is 258 g/mol. The second-order valence-electron chi connectivity index (χ2n) is 5.88. The highest BCUT2D eigenvalue weighted by Crippen LogP contribution is 2.47. The van der Waals surface area contributed by atoms with Gasteiger partial charge in [-0.05, 0) is 50.4 Å². The molecule has 2 atom stereocenters. The maximum atomic E-state index is 4.35. The largest absolute Gasteiger partial charge is 0.103 e. The summed E-state index contributed by atoms with van der Waals surface area (Å²) in [5.41, 5.74) is 1.66. The minimum Gasteiger partial charge on any atom is -0.103 e. The standard InChI is InChI=1S/C19H30/c1-5-7-12-16-19(17(3)4,15-8-6-2)18-13-10-9-11-14-18/h5,9-11,13,18H,1,3,6-8,12,14-16H2,2,4H3. The summed E-state index contributed by atoms with van der Waals surface area (Å²) in [5, 5.41) is 0. The molecule has 19 heavy (non-hydrogen) atoms. The molecule has 0 saturated carbocycles. The second kappa shape index (κ2) is 8.19. The van der Waals surface area contributed by atoms with Crippen LogP contribution in [0.5, 0.6) is 0 Å². The Bertz CT molecular complexity index is 345. The molecule has 0 saturated heterocycles. The molecule has 0 heteroatoms. The molecular formula is C19H30. The van der Waals surface area contributed by atoms with E-state index in [2.05, 4.69) is 51.3 Å². The molecule has 0 aromatic rings. The molecule has 0 radical (unpaired) electrons. The summed E-state index contributed by atoms with van der Waals surface area (Å²) in [6.07, 6.45) is 19.7. The minimum atomic E-state index is 0.292. The number of rotatable bonds is 9. The van der Waals surface area contributed by atoms with E-state index < -0.39 is 0 Å². The summed E-state index contributed by atoms with van der Waals surface area (Å²) >= 11 is 0. The fourth-order valence-corrected chi connectivity index (χ4v) is 3.28. The summed E-state index contributed by atoms with van der Waals surface area (Å²) in [6.45, 7) is 12.7. The third-order valence-corrected chi connectivity index (χ3v) is 4.55. The Balaban J connectivity index is 2.88. The predicted octanol–water partition coefficient (Wildman–Crippen LogP) is 6.23. The molecule has 0 fully saturated rings. The third kappa shape index (κ3) is 4.23. The number of hydrogen-bond donors (Lipinski definition) is 0. The summed E-state index contributed by atoms with van der Waals surface area (Å²) in [5.74, 6) is 0.631. The van der Waals surface area contributed by atoms with Gasteiger partial charge >= 0.3 is 0 Å². The van der Waals surface area contributed by atoms with Gasteiger partial charge in [-0.1, -0.05) is 62.3 Å². The first-order valence-electron chi connectivity index (χ1n) is 7.77. The van der Waals surface area contributed by atoms with E-state index in [0.717, 1.165) is 6.42 Å². The lowest BCUT2D eigenvalue weighted by Crippen LogP contribution is -2.31. The van der Waals surface area contributed by atoms with Gasteiger partial charge in [0.15, 0.2) is 0 Å². The molecule has 1 rings (SSSR count). The molecule has 0 nitrogen and oxygen atoms in total. The first kappa shape index (κ1) is 16.0. The summed E-state index contributed by atoms with van der Waals surface area (Å²) in [6, 6.07) is 0. The van der Waals surface area contributed by atoms with Gasteiger partial charge in [0, 0.05) is 0 Å². The van der Waals surface area contributed by atoms with Gasteiger partial charge in [-0.3, -0.25) is 0 Å². The summed E-state index contributed by atoms with van der Waals surface area (Å²) < 4.78 is 0. The van der Waals surface area contributed by atoms with Crippen molar-refractivity contribution in [2.24, 2.45) is 11.3 Å². The minimum absolute atomic E-state index is 0.292. The average Bonchev–Trinajstić information content (AvgIpc) is 2.43. The topological polar surface area (TPSA) is 0 Å². The van der Waals surface area contributed by atoms with Crippen molar-refractivity contribution in [1.82, 2.24) is 0 Å². The Hall–Kier alpha value is -1.04. The number of unbranched alkanes of at least 4 members (excludes halogenated alkanes) is 2. The molecule has 0 aromatic heterocycles. The van der Waals surface area contributed by atoms with Crippen LogP contribution in [0.1, 0.15) is 58.8 Å². The van der Waals surface area contributed by atoms with E-state index in [9.17, 15) is 0 Å². The quantitative estimate of drug-likeness (QED) is 0.340. The molecule has 0 N–H and O–H groups in total. The number of hydrogen-bond acceptors (Lipinski definition) is 0. The van der Waals surface area contributed by atoms with E-state index in [4.69, 9.17) is 0 Å². The highest BCUT2D eigenvalue weighted by molar-refractivity contribution is 5.21. The van der Waals surface area contributed by atoms with Crippen LogP contribution in [0.2, 0.25) is 0 Å². The molecule has 0 aromatic carbocycles. The van der Waals surface area contributed by atoms with E-state index in [-0.39, 0.29) is 0 Å².